The van der Waals surface area contributed by atoms with E-state index in [0.717, 1.165) is 16.8 Å². The van der Waals surface area contributed by atoms with Gasteiger partial charge in [-0.15, -0.1) is 0 Å². The molecule has 3 nitrogen and oxygen atoms in total. The van der Waals surface area contributed by atoms with Crippen molar-refractivity contribution in [3.05, 3.63) is 71.8 Å². The number of rotatable bonds is 4. The number of ether oxygens (including phenoxy) is 1. The Morgan fingerprint density at radius 3 is 1.84 bits per heavy atom. The van der Waals surface area contributed by atoms with Gasteiger partial charge < -0.3 is 4.74 Å². The SMILES string of the molecule is CC(=O)OCN=C(c1ccccc1)c1ccccc1. The second-order valence-corrected chi connectivity index (χ2v) is 4.00. The van der Waals surface area contributed by atoms with Gasteiger partial charge in [0.05, 0.1) is 5.71 Å². The van der Waals surface area contributed by atoms with Crippen LogP contribution in [0.4, 0.5) is 0 Å². The number of carbonyl (C=O) groups is 1. The molecule has 2 aromatic rings. The summed E-state index contributed by atoms with van der Waals surface area (Å²) in [7, 11) is 0. The third-order valence-corrected chi connectivity index (χ3v) is 2.58. The minimum atomic E-state index is -0.329. The van der Waals surface area contributed by atoms with Crippen LogP contribution in [-0.2, 0) is 9.53 Å². The fourth-order valence-corrected chi connectivity index (χ4v) is 1.73. The quantitative estimate of drug-likeness (QED) is 0.620. The van der Waals surface area contributed by atoms with Crippen molar-refractivity contribution in [1.29, 1.82) is 0 Å². The first-order valence-electron chi connectivity index (χ1n) is 6.06. The van der Waals surface area contributed by atoms with E-state index in [4.69, 9.17) is 4.74 Å². The lowest BCUT2D eigenvalue weighted by Crippen LogP contribution is -2.07. The molecule has 0 atom stereocenters. The molecule has 96 valence electrons. The highest BCUT2D eigenvalue weighted by Crippen LogP contribution is 2.10. The van der Waals surface area contributed by atoms with Gasteiger partial charge in [-0.25, -0.2) is 4.99 Å². The Hall–Kier alpha value is -2.42. The fraction of sp³-hybridized carbons (Fsp3) is 0.125. The molecule has 2 aromatic carbocycles. The molecular formula is C16H15NO2. The number of nitrogens with zero attached hydrogens (tertiary/aromatic N) is 1. The number of hydrogen-bond acceptors (Lipinski definition) is 3. The Kier molecular flexibility index (Phi) is 4.45. The van der Waals surface area contributed by atoms with Crippen LogP contribution in [0.15, 0.2) is 65.7 Å². The molecule has 3 heteroatoms. The molecule has 0 aliphatic carbocycles. The smallest absolute Gasteiger partial charge is 0.304 e. The normalized spacial score (nSPS) is 9.74. The highest BCUT2D eigenvalue weighted by Gasteiger charge is 2.05. The van der Waals surface area contributed by atoms with Gasteiger partial charge in [-0.1, -0.05) is 60.7 Å². The van der Waals surface area contributed by atoms with E-state index in [9.17, 15) is 4.79 Å². The highest BCUT2D eigenvalue weighted by atomic mass is 16.5. The molecule has 0 unspecified atom stereocenters. The Bertz CT molecular complexity index is 520. The first-order chi connectivity index (χ1) is 9.27. The Morgan fingerprint density at radius 2 is 1.42 bits per heavy atom. The van der Waals surface area contributed by atoms with E-state index in [2.05, 4.69) is 4.99 Å². The van der Waals surface area contributed by atoms with Gasteiger partial charge in [-0.3, -0.25) is 4.79 Å². The van der Waals surface area contributed by atoms with Gasteiger partial charge in [-0.2, -0.15) is 0 Å². The predicted octanol–water partition coefficient (Wildman–Crippen LogP) is 3.04. The molecule has 0 radical (unpaired) electrons. The lowest BCUT2D eigenvalue weighted by Gasteiger charge is -2.07. The molecule has 0 saturated heterocycles. The van der Waals surface area contributed by atoms with Crippen LogP contribution in [-0.4, -0.2) is 18.4 Å². The molecule has 0 aliphatic rings. The minimum absolute atomic E-state index is 0.0362. The zero-order valence-corrected chi connectivity index (χ0v) is 10.7. The summed E-state index contributed by atoms with van der Waals surface area (Å²) in [5.41, 5.74) is 2.82. The summed E-state index contributed by atoms with van der Waals surface area (Å²) in [6.07, 6.45) is 0. The average molecular weight is 253 g/mol. The third-order valence-electron chi connectivity index (χ3n) is 2.58. The van der Waals surface area contributed by atoms with Gasteiger partial charge in [-0.05, 0) is 0 Å². The van der Waals surface area contributed by atoms with Crippen molar-refractivity contribution in [2.75, 3.05) is 6.73 Å². The molecule has 0 saturated carbocycles. The van der Waals surface area contributed by atoms with E-state index in [1.807, 2.05) is 60.7 Å². The maximum atomic E-state index is 10.8. The van der Waals surface area contributed by atoms with Crippen LogP contribution in [0.2, 0.25) is 0 Å². The molecule has 0 aliphatic heterocycles. The standard InChI is InChI=1S/C16H15NO2/c1-13(18)19-12-17-16(14-8-4-2-5-9-14)15-10-6-3-7-11-15/h2-11H,12H2,1H3. The largest absolute Gasteiger partial charge is 0.443 e. The van der Waals surface area contributed by atoms with E-state index in [-0.39, 0.29) is 12.7 Å². The van der Waals surface area contributed by atoms with Crippen molar-refractivity contribution >= 4 is 11.7 Å². The van der Waals surface area contributed by atoms with Crippen molar-refractivity contribution in [1.82, 2.24) is 0 Å². The van der Waals surface area contributed by atoms with Crippen LogP contribution in [0.3, 0.4) is 0 Å². The Morgan fingerprint density at radius 1 is 0.947 bits per heavy atom. The van der Waals surface area contributed by atoms with Crippen LogP contribution in [0.25, 0.3) is 0 Å². The highest BCUT2D eigenvalue weighted by molar-refractivity contribution is 6.12. The first-order valence-corrected chi connectivity index (χ1v) is 6.06. The number of esters is 1. The molecular weight excluding hydrogens is 238 g/mol. The van der Waals surface area contributed by atoms with Crippen LogP contribution in [0.1, 0.15) is 18.1 Å². The maximum Gasteiger partial charge on any atom is 0.304 e. The number of benzene rings is 2. The number of hydrogen-bond donors (Lipinski definition) is 0. The Labute approximate surface area is 112 Å². The summed E-state index contributed by atoms with van der Waals surface area (Å²) < 4.78 is 4.89. The summed E-state index contributed by atoms with van der Waals surface area (Å²) in [6.45, 7) is 1.41. The summed E-state index contributed by atoms with van der Waals surface area (Å²) in [5, 5.41) is 0. The van der Waals surface area contributed by atoms with E-state index >= 15 is 0 Å². The van der Waals surface area contributed by atoms with Crippen molar-refractivity contribution in [3.63, 3.8) is 0 Å². The summed E-state index contributed by atoms with van der Waals surface area (Å²) >= 11 is 0. The Balaban J connectivity index is 2.31. The molecule has 0 heterocycles. The molecule has 0 amide bonds. The first kappa shape index (κ1) is 13.0. The van der Waals surface area contributed by atoms with Crippen LogP contribution in [0.5, 0.6) is 0 Å². The lowest BCUT2D eigenvalue weighted by atomic mass is 10.0. The van der Waals surface area contributed by atoms with Gasteiger partial charge in [0.1, 0.15) is 0 Å². The summed E-state index contributed by atoms with van der Waals surface area (Å²) in [5.74, 6) is -0.329. The van der Waals surface area contributed by atoms with Gasteiger partial charge in [0.15, 0.2) is 6.73 Å². The molecule has 0 fully saturated rings. The maximum absolute atomic E-state index is 10.8. The van der Waals surface area contributed by atoms with Crippen molar-refractivity contribution in [2.45, 2.75) is 6.92 Å². The molecule has 0 N–H and O–H groups in total. The fourth-order valence-electron chi connectivity index (χ4n) is 1.73. The van der Waals surface area contributed by atoms with Crippen LogP contribution >= 0.6 is 0 Å². The predicted molar refractivity (Wildman–Crippen MR) is 75.2 cm³/mol. The average Bonchev–Trinajstić information content (AvgIpc) is 2.45. The summed E-state index contributed by atoms with van der Waals surface area (Å²) in [6, 6.07) is 19.7. The second-order valence-electron chi connectivity index (χ2n) is 4.00. The number of aliphatic imine (C=N–C) groups is 1. The van der Waals surface area contributed by atoms with Crippen LogP contribution < -0.4 is 0 Å². The van der Waals surface area contributed by atoms with Crippen LogP contribution in [0, 0.1) is 0 Å². The van der Waals surface area contributed by atoms with Gasteiger partial charge in [0.25, 0.3) is 0 Å². The van der Waals surface area contributed by atoms with Crippen molar-refractivity contribution in [2.24, 2.45) is 4.99 Å². The summed E-state index contributed by atoms with van der Waals surface area (Å²) in [4.78, 5) is 15.2. The minimum Gasteiger partial charge on any atom is -0.443 e. The van der Waals surface area contributed by atoms with E-state index in [0.29, 0.717) is 0 Å². The lowest BCUT2D eigenvalue weighted by molar-refractivity contribution is -0.140. The molecule has 19 heavy (non-hydrogen) atoms. The van der Waals surface area contributed by atoms with E-state index < -0.39 is 0 Å². The van der Waals surface area contributed by atoms with E-state index in [1.54, 1.807) is 0 Å². The second kappa shape index (κ2) is 6.50. The van der Waals surface area contributed by atoms with Gasteiger partial charge >= 0.3 is 5.97 Å². The topological polar surface area (TPSA) is 38.7 Å². The van der Waals surface area contributed by atoms with Crippen molar-refractivity contribution in [3.8, 4) is 0 Å². The monoisotopic (exact) mass is 253 g/mol. The molecule has 0 aromatic heterocycles. The molecule has 0 spiro atoms. The third kappa shape index (κ3) is 3.78. The van der Waals surface area contributed by atoms with E-state index in [1.165, 1.54) is 6.92 Å². The zero-order valence-electron chi connectivity index (χ0n) is 10.7. The molecule has 2 rings (SSSR count). The van der Waals surface area contributed by atoms with Crippen molar-refractivity contribution < 1.29 is 9.53 Å². The zero-order chi connectivity index (χ0) is 13.5. The van der Waals surface area contributed by atoms with Gasteiger partial charge in [0.2, 0.25) is 0 Å². The van der Waals surface area contributed by atoms with Gasteiger partial charge in [0, 0.05) is 18.1 Å². The number of carbonyl (C=O) groups excluding carboxylic acids is 1. The molecule has 0 bridgehead atoms.